The molecule has 20 nitrogen and oxygen atoms in total. The third-order valence-corrected chi connectivity index (χ3v) is 27.3. The quantitative estimate of drug-likeness (QED) is 0.0248. The monoisotopic (exact) mass is 1930 g/mol. The molecule has 2 fully saturated rings. The van der Waals surface area contributed by atoms with E-state index in [1.54, 1.807) is 96.1 Å². The molecule has 4 aliphatic carbocycles. The van der Waals surface area contributed by atoms with E-state index in [0.29, 0.717) is 118 Å². The number of aliphatic hydroxyl groups is 1. The van der Waals surface area contributed by atoms with Gasteiger partial charge in [0.05, 0.1) is 69.0 Å². The zero-order chi connectivity index (χ0) is 101. The maximum atomic E-state index is 13.6. The zero-order valence-electron chi connectivity index (χ0n) is 83.8. The molecule has 0 saturated carbocycles. The maximum Gasteiger partial charge on any atom is 0.416 e. The van der Waals surface area contributed by atoms with Gasteiger partial charge in [0.15, 0.2) is 22.9 Å². The van der Waals surface area contributed by atoms with Crippen LogP contribution in [0.25, 0.3) is 16.7 Å². The first-order valence-electron chi connectivity index (χ1n) is 47.1. The summed E-state index contributed by atoms with van der Waals surface area (Å²) in [5, 5.41) is 55.1. The van der Waals surface area contributed by atoms with Crippen molar-refractivity contribution < 1.29 is 96.9 Å². The minimum absolute atomic E-state index is 0. The van der Waals surface area contributed by atoms with Gasteiger partial charge < -0.3 is 59.5 Å². The number of cyclic esters (lactones) is 2. The normalized spacial score (nSPS) is 20.8. The van der Waals surface area contributed by atoms with Crippen LogP contribution in [0.3, 0.4) is 0 Å². The van der Waals surface area contributed by atoms with E-state index in [4.69, 9.17) is 33.4 Å². The number of aryl methyl sites for hydroxylation is 3. The van der Waals surface area contributed by atoms with Gasteiger partial charge in [-0.25, -0.2) is 14.6 Å². The Hall–Kier alpha value is -10.4. The summed E-state index contributed by atoms with van der Waals surface area (Å²) in [4.78, 5) is 45.9. The van der Waals surface area contributed by atoms with Gasteiger partial charge in [-0.2, -0.15) is 49.0 Å². The van der Waals surface area contributed by atoms with Crippen LogP contribution in [0.5, 0.6) is 17.2 Å². The number of nitrogens with zero attached hydrogens (tertiary/aromatic N) is 6. The van der Waals surface area contributed by atoms with Crippen LogP contribution < -0.4 is 29.0 Å². The Morgan fingerprint density at radius 2 is 0.928 bits per heavy atom. The predicted octanol–water partition coefficient (Wildman–Crippen LogP) is 27.1. The summed E-state index contributed by atoms with van der Waals surface area (Å²) in [5.41, 5.74) is 12.2. The van der Waals surface area contributed by atoms with E-state index in [1.165, 1.54) is 7.11 Å². The van der Waals surface area contributed by atoms with E-state index in [1.807, 2.05) is 84.9 Å². The molecule has 0 spiro atoms. The number of ether oxygens (including phenoxy) is 6. The largest absolute Gasteiger partial charge is 0.758 e. The molecule has 1 unspecified atom stereocenters. The van der Waals surface area contributed by atoms with Gasteiger partial charge in [-0.05, 0) is 263 Å². The summed E-state index contributed by atoms with van der Waals surface area (Å²) in [6.07, 6.45) is -3.31. The lowest BCUT2D eigenvalue weighted by molar-refractivity contribution is -0.618. The van der Waals surface area contributed by atoms with Gasteiger partial charge >= 0.3 is 30.7 Å². The molecule has 6 heterocycles. The maximum absolute atomic E-state index is 13.6. The van der Waals surface area contributed by atoms with Crippen LogP contribution in [0.15, 0.2) is 142 Å². The summed E-state index contributed by atoms with van der Waals surface area (Å²) in [5.74, 6) is 2.71. The van der Waals surface area contributed by atoms with Gasteiger partial charge in [0, 0.05) is 78.1 Å². The van der Waals surface area contributed by atoms with Crippen LogP contribution in [0.4, 0.5) is 49.1 Å². The molecule has 760 valence electrons. The highest BCUT2D eigenvalue weighted by atomic mass is 19.4. The lowest BCUT2D eigenvalue weighted by Gasteiger charge is -2.47. The number of methoxy groups -OCH3 is 4. The number of hydrogen-bond acceptors (Lipinski definition) is 16. The van der Waals surface area contributed by atoms with Crippen molar-refractivity contribution in [2.24, 2.45) is 27.6 Å². The van der Waals surface area contributed by atoms with E-state index in [-0.39, 0.29) is 78.3 Å². The van der Waals surface area contributed by atoms with Crippen LogP contribution in [0.2, 0.25) is 0 Å². The van der Waals surface area contributed by atoms with E-state index in [2.05, 4.69) is 74.6 Å². The number of nitrogens with one attached hydrogen (secondary N) is 1. The van der Waals surface area contributed by atoms with Gasteiger partial charge in [-0.1, -0.05) is 167 Å². The van der Waals surface area contributed by atoms with Crippen LogP contribution >= 0.6 is 0 Å². The third-order valence-electron chi connectivity index (χ3n) is 27.3. The molecule has 7 aliphatic rings. The average Bonchev–Trinajstić information content (AvgIpc) is 1.54. The number of hydrogen-bond donors (Lipinski definition) is 2. The second kappa shape index (κ2) is 45.0. The molecule has 3 aromatic heterocycles. The third kappa shape index (κ3) is 26.6. The molecule has 138 heavy (non-hydrogen) atoms. The fourth-order valence-corrected chi connectivity index (χ4v) is 19.6. The van der Waals surface area contributed by atoms with Crippen molar-refractivity contribution >= 4 is 35.2 Å². The number of aldehydes is 1. The van der Waals surface area contributed by atoms with Crippen LogP contribution in [0.1, 0.15) is 344 Å². The van der Waals surface area contributed by atoms with E-state index >= 15 is 0 Å². The highest BCUT2D eigenvalue weighted by Gasteiger charge is 2.47. The number of rotatable bonds is 24. The first kappa shape index (κ1) is 113. The van der Waals surface area contributed by atoms with Gasteiger partial charge in [-0.3, -0.25) is 14.6 Å². The number of allylic oxidation sites excluding steroid dienone is 6. The molecule has 13 rings (SSSR count). The number of carbonyl (C=O) groups is 3. The molecule has 2 amide bonds. The number of alkyl halides is 9. The molecule has 3 aromatic carbocycles. The van der Waals surface area contributed by atoms with Crippen LogP contribution in [0, 0.1) is 64.0 Å². The molecule has 0 radical (unpaired) electrons. The Labute approximate surface area is 811 Å². The first-order valence-corrected chi connectivity index (χ1v) is 47.1. The van der Waals surface area contributed by atoms with Crippen molar-refractivity contribution in [3.8, 4) is 17.2 Å². The minimum Gasteiger partial charge on any atom is -0.758 e. The summed E-state index contributed by atoms with van der Waals surface area (Å²) in [6.45, 7) is 44.6. The standard InChI is InChI=1S/C30H38F3N2O4.C30H37F3N2O3.C29H39F3N2O3.C18H25NO3.2CH4/c1-17(2)24-8-9-25(38-7)26(35(24)37)23-10-11-29(5,6)15-21(23)16-34-19(4)27(39-28(34)36)20-12-18(3)13-22(14-20)30(31,32)33;1-17(2)24-8-9-25(37-7)26(34-24)23-10-11-29(5,6)15-21(23)16-35-19(4)27(38-28(35)36)20-12-18(3)13-22(14-20)30(31,32)33;1-17(2)24-8-9-25(37-7)26(34(24)36)23-10-11-28(5,6)15-21(23)16-33-19(4)27(35)20-12-18(3)13-22(14-20)29(30,31)32;1-12(2)15-6-7-16(22-5)17(19(15)21)14-8-9-18(3,4)10-13(14)11-20;;/h8-9,12-14,17,19,24,27H,10-11,15-16H2,1-7H3;8-9,12-14,17,19,27H,10-11,15-16H2,1-7H3;8-9,12-14,17,19,27,33,35H,10-11,15-16H2,1-7H3;6-7,11-12H,8-10H2,1-5H3;2*1H4/q-1;;;;;/t19-,24?,27-;2*19-,27-;;;/m000.../s1. The predicted molar refractivity (Wildman–Crippen MR) is 524 cm³/mol. The van der Waals surface area contributed by atoms with Crippen molar-refractivity contribution in [2.45, 2.75) is 323 Å². The summed E-state index contributed by atoms with van der Waals surface area (Å²) in [7, 11) is 6.28. The fourth-order valence-electron chi connectivity index (χ4n) is 19.6. The molecule has 29 heteroatoms. The number of benzene rings is 3. The van der Waals surface area contributed by atoms with Gasteiger partial charge in [0.25, 0.3) is 11.4 Å². The zero-order valence-corrected chi connectivity index (χ0v) is 83.8. The Balaban J connectivity index is 0.000000229. The highest BCUT2D eigenvalue weighted by molar-refractivity contribution is 5.89. The topological polar surface area (TPSA) is 238 Å². The van der Waals surface area contributed by atoms with Crippen molar-refractivity contribution in [2.75, 3.05) is 48.1 Å². The molecule has 6 aromatic rings. The van der Waals surface area contributed by atoms with Crippen molar-refractivity contribution in [1.82, 2.24) is 25.2 Å². The van der Waals surface area contributed by atoms with Crippen molar-refractivity contribution in [1.29, 1.82) is 0 Å². The lowest BCUT2D eigenvalue weighted by Crippen LogP contribution is -2.40. The van der Waals surface area contributed by atoms with E-state index < -0.39 is 83.8 Å². The summed E-state index contributed by atoms with van der Waals surface area (Å²) >= 11 is 0. The van der Waals surface area contributed by atoms with Crippen molar-refractivity contribution in [3.05, 3.63) is 242 Å². The van der Waals surface area contributed by atoms with Crippen LogP contribution in [-0.2, 0) is 37.5 Å². The first-order chi connectivity index (χ1) is 63.3. The number of aromatic nitrogens is 3. The number of hydroxylamine groups is 2. The molecule has 2 saturated heterocycles. The molecule has 7 atom stereocenters. The Morgan fingerprint density at radius 3 is 1.35 bits per heavy atom. The number of halogens is 9. The Kier molecular flexibility index (Phi) is 36.8. The number of amides is 2. The Morgan fingerprint density at radius 1 is 0.529 bits per heavy atom. The molecular formula is C109H147F9N7O13-. The average molecular weight is 1930 g/mol. The fraction of sp³-hybridized carbons (Fsp3) is 0.560. The van der Waals surface area contributed by atoms with Gasteiger partial charge in [0.1, 0.15) is 35.7 Å². The number of carbonyl (C=O) groups excluding carboxylic acids is 3. The van der Waals surface area contributed by atoms with E-state index in [9.17, 15) is 74.6 Å². The van der Waals surface area contributed by atoms with Gasteiger partial charge in [-0.15, -0.1) is 0 Å². The second-order valence-electron chi connectivity index (χ2n) is 42.1. The highest BCUT2D eigenvalue weighted by Crippen LogP contribution is 2.52. The van der Waals surface area contributed by atoms with Crippen molar-refractivity contribution in [3.63, 3.8) is 0 Å². The summed E-state index contributed by atoms with van der Waals surface area (Å²) in [6, 6.07) is 20.7. The molecular weight excluding hydrogens is 1790 g/mol. The Bertz CT molecular complexity index is 5560. The van der Waals surface area contributed by atoms with Crippen LogP contribution in [-0.4, -0.2) is 116 Å². The molecule has 0 bridgehead atoms. The lowest BCUT2D eigenvalue weighted by atomic mass is 9.73. The summed E-state index contributed by atoms with van der Waals surface area (Å²) < 4.78 is 156. The SMILES string of the molecule is C.C.COC1=C(C2=C(CN3C(=O)O[C@H](c4cc(C)cc(C(F)(F)F)c4)[C@@H]3C)CC(C)(C)CC2)N([O-])C(C(C)C)C=C1.COc1ccc(C(C)C)[n+]([O-])c1C1=C(C=O)CC(C)(C)CC1.COc1ccc(C(C)C)[n+]([O-])c1C1=C(CN[C@@H](C)[C@H](O)c2cc(C)cc(C(F)(F)F)c2)CC(C)(C)CC1.COc1ccc(C(C)C)nc1C1=C(CN2C(=O)O[C@H](c3cc(C)cc(C(F)(F)F)c3)[C@@H]2C)CC(C)(C)CC1. The van der Waals surface area contributed by atoms with Gasteiger partial charge in [0.2, 0.25) is 0 Å². The van der Waals surface area contributed by atoms with E-state index in [0.717, 1.165) is 165 Å². The molecule has 3 aliphatic heterocycles. The molecule has 2 N–H and O–H groups in total. The minimum atomic E-state index is -4.50. The smallest absolute Gasteiger partial charge is 0.416 e. The number of aliphatic hydroxyl groups excluding tert-OH is 1. The second-order valence-corrected chi connectivity index (χ2v) is 42.1. The number of pyridine rings is 3.